The van der Waals surface area contributed by atoms with E-state index in [1.165, 1.54) is 17.1 Å². The van der Waals surface area contributed by atoms with Crippen LogP contribution in [-0.2, 0) is 5.66 Å². The standard InChI is InChI=1S/C25H24N4O5/c1-4-34-22-13-12-17(14-23(22)33-3)16-26-28-24(30)20-10-5-6-11-21(20)27-25(28,2)18-8-7-9-19(15-18)29(31)32/h5-16,27H,4H2,1-3H3. The number of nitro groups is 1. The van der Waals surface area contributed by atoms with Crippen LogP contribution < -0.4 is 14.8 Å². The highest BCUT2D eigenvalue weighted by atomic mass is 16.6. The number of rotatable bonds is 7. The molecular weight excluding hydrogens is 436 g/mol. The van der Waals surface area contributed by atoms with Crippen molar-refractivity contribution in [3.8, 4) is 11.5 Å². The molecule has 0 saturated heterocycles. The van der Waals surface area contributed by atoms with E-state index in [4.69, 9.17) is 9.47 Å². The second kappa shape index (κ2) is 9.22. The normalized spacial score (nSPS) is 17.3. The summed E-state index contributed by atoms with van der Waals surface area (Å²) in [6, 6.07) is 18.6. The second-order valence-electron chi connectivity index (χ2n) is 7.76. The zero-order valence-electron chi connectivity index (χ0n) is 19.0. The van der Waals surface area contributed by atoms with Crippen molar-refractivity contribution in [3.05, 3.63) is 93.5 Å². The molecule has 0 fully saturated rings. The lowest BCUT2D eigenvalue weighted by Gasteiger charge is -2.43. The number of nitro benzene ring substituents is 1. The molecule has 1 aliphatic rings. The Hall–Kier alpha value is -4.40. The van der Waals surface area contributed by atoms with E-state index in [9.17, 15) is 14.9 Å². The van der Waals surface area contributed by atoms with Crippen LogP contribution in [0.4, 0.5) is 11.4 Å². The summed E-state index contributed by atoms with van der Waals surface area (Å²) in [6.07, 6.45) is 1.54. The Labute approximate surface area is 196 Å². The van der Waals surface area contributed by atoms with Gasteiger partial charge in [-0.1, -0.05) is 24.3 Å². The largest absolute Gasteiger partial charge is 0.493 e. The van der Waals surface area contributed by atoms with Crippen molar-refractivity contribution in [2.75, 3.05) is 19.0 Å². The van der Waals surface area contributed by atoms with Gasteiger partial charge in [0, 0.05) is 23.4 Å². The molecule has 34 heavy (non-hydrogen) atoms. The number of hydrazone groups is 1. The smallest absolute Gasteiger partial charge is 0.278 e. The maximum atomic E-state index is 13.5. The summed E-state index contributed by atoms with van der Waals surface area (Å²) in [7, 11) is 1.55. The van der Waals surface area contributed by atoms with Gasteiger partial charge in [0.05, 0.1) is 30.4 Å². The number of anilines is 1. The van der Waals surface area contributed by atoms with Crippen molar-refractivity contribution in [3.63, 3.8) is 0 Å². The molecule has 0 aliphatic carbocycles. The van der Waals surface area contributed by atoms with E-state index in [-0.39, 0.29) is 11.6 Å². The molecular formula is C25H24N4O5. The molecule has 0 saturated carbocycles. The van der Waals surface area contributed by atoms with Gasteiger partial charge in [0.2, 0.25) is 0 Å². The van der Waals surface area contributed by atoms with Crippen molar-refractivity contribution in [2.24, 2.45) is 5.10 Å². The summed E-state index contributed by atoms with van der Waals surface area (Å²) >= 11 is 0. The Morgan fingerprint density at radius 2 is 1.91 bits per heavy atom. The van der Waals surface area contributed by atoms with E-state index in [1.54, 1.807) is 68.8 Å². The molecule has 1 atom stereocenters. The van der Waals surface area contributed by atoms with Crippen molar-refractivity contribution >= 4 is 23.5 Å². The highest BCUT2D eigenvalue weighted by molar-refractivity contribution is 6.02. The third-order valence-electron chi connectivity index (χ3n) is 5.58. The lowest BCUT2D eigenvalue weighted by atomic mass is 9.95. The van der Waals surface area contributed by atoms with Crippen molar-refractivity contribution in [1.82, 2.24) is 5.01 Å². The van der Waals surface area contributed by atoms with Gasteiger partial charge in [0.25, 0.3) is 11.6 Å². The van der Waals surface area contributed by atoms with Crippen LogP contribution in [-0.4, -0.2) is 35.8 Å². The first kappa shape index (κ1) is 22.8. The molecule has 1 unspecified atom stereocenters. The molecule has 1 amide bonds. The SMILES string of the molecule is CCOc1ccc(C=NN2C(=O)c3ccccc3NC2(C)c2cccc([N+](=O)[O-])c2)cc1OC. The van der Waals surface area contributed by atoms with Crippen LogP contribution in [0.3, 0.4) is 0 Å². The van der Waals surface area contributed by atoms with Crippen LogP contribution in [0.2, 0.25) is 0 Å². The Bertz CT molecular complexity index is 1280. The lowest BCUT2D eigenvalue weighted by molar-refractivity contribution is -0.385. The summed E-state index contributed by atoms with van der Waals surface area (Å²) in [4.78, 5) is 24.4. The van der Waals surface area contributed by atoms with Crippen LogP contribution in [0, 0.1) is 10.1 Å². The van der Waals surface area contributed by atoms with Gasteiger partial charge >= 0.3 is 0 Å². The number of ether oxygens (including phenoxy) is 2. The minimum atomic E-state index is -1.18. The molecule has 174 valence electrons. The summed E-state index contributed by atoms with van der Waals surface area (Å²) in [5.74, 6) is 0.812. The van der Waals surface area contributed by atoms with Crippen LogP contribution in [0.1, 0.15) is 35.3 Å². The molecule has 4 rings (SSSR count). The van der Waals surface area contributed by atoms with Crippen LogP contribution in [0.5, 0.6) is 11.5 Å². The zero-order chi connectivity index (χ0) is 24.3. The van der Waals surface area contributed by atoms with Gasteiger partial charge in [0.15, 0.2) is 17.2 Å². The summed E-state index contributed by atoms with van der Waals surface area (Å²) in [6.45, 7) is 4.14. The zero-order valence-corrected chi connectivity index (χ0v) is 19.0. The molecule has 9 heteroatoms. The number of carbonyl (C=O) groups excluding carboxylic acids is 1. The Balaban J connectivity index is 1.79. The van der Waals surface area contributed by atoms with Gasteiger partial charge in [-0.25, -0.2) is 0 Å². The maximum Gasteiger partial charge on any atom is 0.278 e. The second-order valence-corrected chi connectivity index (χ2v) is 7.76. The Morgan fingerprint density at radius 3 is 2.65 bits per heavy atom. The minimum absolute atomic E-state index is 0.0768. The number of fused-ring (bicyclic) bond motifs is 1. The van der Waals surface area contributed by atoms with Crippen molar-refractivity contribution in [1.29, 1.82) is 0 Å². The van der Waals surface area contributed by atoms with E-state index < -0.39 is 10.6 Å². The average Bonchev–Trinajstić information content (AvgIpc) is 2.84. The van der Waals surface area contributed by atoms with Gasteiger partial charge in [0.1, 0.15) is 0 Å². The molecule has 9 nitrogen and oxygen atoms in total. The number of benzene rings is 3. The van der Waals surface area contributed by atoms with Gasteiger partial charge < -0.3 is 14.8 Å². The molecule has 0 bridgehead atoms. The number of non-ortho nitro benzene ring substituents is 1. The number of amides is 1. The van der Waals surface area contributed by atoms with Crippen LogP contribution >= 0.6 is 0 Å². The predicted molar refractivity (Wildman–Crippen MR) is 128 cm³/mol. The summed E-state index contributed by atoms with van der Waals surface area (Å²) in [5, 5.41) is 20.5. The van der Waals surface area contributed by atoms with E-state index >= 15 is 0 Å². The monoisotopic (exact) mass is 460 g/mol. The first-order valence-electron chi connectivity index (χ1n) is 10.7. The molecule has 1 aliphatic heterocycles. The van der Waals surface area contributed by atoms with E-state index in [0.717, 1.165) is 0 Å². The van der Waals surface area contributed by atoms with Gasteiger partial charge in [-0.15, -0.1) is 0 Å². The lowest BCUT2D eigenvalue weighted by Crippen LogP contribution is -2.53. The summed E-state index contributed by atoms with van der Waals surface area (Å²) < 4.78 is 11.0. The summed E-state index contributed by atoms with van der Waals surface area (Å²) in [5.41, 5.74) is 1.03. The number of hydrogen-bond acceptors (Lipinski definition) is 7. The quantitative estimate of drug-likeness (QED) is 0.309. The van der Waals surface area contributed by atoms with Gasteiger partial charge in [-0.3, -0.25) is 14.9 Å². The molecule has 1 N–H and O–H groups in total. The fourth-order valence-corrected chi connectivity index (χ4v) is 3.86. The number of carbonyl (C=O) groups is 1. The highest BCUT2D eigenvalue weighted by Crippen LogP contribution is 2.39. The van der Waals surface area contributed by atoms with Crippen LogP contribution in [0.15, 0.2) is 71.8 Å². The topological polar surface area (TPSA) is 106 Å². The number of nitrogens with one attached hydrogen (secondary N) is 1. The minimum Gasteiger partial charge on any atom is -0.493 e. The molecule has 0 spiro atoms. The predicted octanol–water partition coefficient (Wildman–Crippen LogP) is 4.78. The van der Waals surface area contributed by atoms with E-state index in [1.807, 2.05) is 13.0 Å². The third kappa shape index (κ3) is 4.15. The first-order valence-corrected chi connectivity index (χ1v) is 10.7. The van der Waals surface area contributed by atoms with Gasteiger partial charge in [-0.05, 0) is 49.7 Å². The highest BCUT2D eigenvalue weighted by Gasteiger charge is 2.43. The number of nitrogens with zero attached hydrogens (tertiary/aromatic N) is 3. The average molecular weight is 460 g/mol. The fourth-order valence-electron chi connectivity index (χ4n) is 3.86. The number of hydrogen-bond donors (Lipinski definition) is 1. The molecule has 0 radical (unpaired) electrons. The van der Waals surface area contributed by atoms with E-state index in [0.29, 0.717) is 40.5 Å². The molecule has 0 aromatic heterocycles. The van der Waals surface area contributed by atoms with Crippen molar-refractivity contribution in [2.45, 2.75) is 19.5 Å². The molecule has 1 heterocycles. The maximum absolute atomic E-state index is 13.5. The van der Waals surface area contributed by atoms with Crippen molar-refractivity contribution < 1.29 is 19.2 Å². The van der Waals surface area contributed by atoms with E-state index in [2.05, 4.69) is 10.4 Å². The van der Waals surface area contributed by atoms with Gasteiger partial charge in [-0.2, -0.15) is 10.1 Å². The number of para-hydroxylation sites is 1. The molecule has 3 aromatic carbocycles. The number of methoxy groups -OCH3 is 1. The molecule has 3 aromatic rings. The first-order chi connectivity index (χ1) is 16.4. The Morgan fingerprint density at radius 1 is 1.12 bits per heavy atom. The van der Waals surface area contributed by atoms with Crippen LogP contribution in [0.25, 0.3) is 0 Å². The Kier molecular flexibility index (Phi) is 6.18. The third-order valence-corrected chi connectivity index (χ3v) is 5.58. The fraction of sp³-hybridized carbons (Fsp3) is 0.200.